The number of allylic oxidation sites excluding steroid dienone is 1. The molecule has 0 fully saturated rings. The van der Waals surface area contributed by atoms with Gasteiger partial charge in [0.25, 0.3) is 5.56 Å². The lowest BCUT2D eigenvalue weighted by atomic mass is 10.1. The van der Waals surface area contributed by atoms with E-state index in [4.69, 9.17) is 0 Å². The van der Waals surface area contributed by atoms with Crippen molar-refractivity contribution >= 4 is 22.7 Å². The molecule has 0 bridgehead atoms. The van der Waals surface area contributed by atoms with Gasteiger partial charge in [0.15, 0.2) is 11.5 Å². The quantitative estimate of drug-likeness (QED) is 0.345. The van der Waals surface area contributed by atoms with Crippen molar-refractivity contribution in [1.29, 1.82) is 0 Å². The van der Waals surface area contributed by atoms with Crippen molar-refractivity contribution in [3.8, 4) is 5.82 Å². The number of hydrogen-bond acceptors (Lipinski definition) is 7. The van der Waals surface area contributed by atoms with Gasteiger partial charge in [-0.3, -0.25) is 9.69 Å². The maximum Gasteiger partial charge on any atom is 0.278 e. The van der Waals surface area contributed by atoms with Crippen LogP contribution in [0, 0.1) is 0 Å². The van der Waals surface area contributed by atoms with Gasteiger partial charge < -0.3 is 10.4 Å². The lowest BCUT2D eigenvalue weighted by molar-refractivity contribution is 0.0738. The predicted octanol–water partition coefficient (Wildman–Crippen LogP) is 3.97. The van der Waals surface area contributed by atoms with Crippen molar-refractivity contribution in [2.75, 3.05) is 12.4 Å². The van der Waals surface area contributed by atoms with Crippen LogP contribution in [0.1, 0.15) is 39.0 Å². The van der Waals surface area contributed by atoms with Crippen molar-refractivity contribution in [1.82, 2.24) is 29.2 Å². The van der Waals surface area contributed by atoms with Gasteiger partial charge in [-0.05, 0) is 64.6 Å². The smallest absolute Gasteiger partial charge is 0.278 e. The molecule has 9 nitrogen and oxygen atoms in total. The van der Waals surface area contributed by atoms with Gasteiger partial charge in [0.2, 0.25) is 5.95 Å². The topological polar surface area (TPSA) is 101 Å². The van der Waals surface area contributed by atoms with Crippen LogP contribution in [-0.4, -0.2) is 47.4 Å². The van der Waals surface area contributed by atoms with Crippen molar-refractivity contribution in [2.24, 2.45) is 0 Å². The Bertz CT molecular complexity index is 1430. The van der Waals surface area contributed by atoms with E-state index in [0.29, 0.717) is 34.5 Å². The highest BCUT2D eigenvalue weighted by Crippen LogP contribution is 2.22. The zero-order valence-corrected chi connectivity index (χ0v) is 21.4. The van der Waals surface area contributed by atoms with Crippen molar-refractivity contribution < 1.29 is 5.11 Å². The summed E-state index contributed by atoms with van der Waals surface area (Å²) in [5, 5.41) is 14.1. The minimum atomic E-state index is -1.14. The lowest BCUT2D eigenvalue weighted by Gasteiger charge is -2.21. The number of hydrogen-bond donors (Lipinski definition) is 2. The van der Waals surface area contributed by atoms with Gasteiger partial charge in [0, 0.05) is 24.5 Å². The average molecular weight is 488 g/mol. The van der Waals surface area contributed by atoms with E-state index in [1.165, 1.54) is 16.4 Å². The fraction of sp³-hybridized carbons (Fsp3) is 0.333. The summed E-state index contributed by atoms with van der Waals surface area (Å²) in [7, 11) is 2.10. The highest BCUT2D eigenvalue weighted by molar-refractivity contribution is 5.77. The summed E-state index contributed by atoms with van der Waals surface area (Å²) in [6.45, 7) is 12.6. The van der Waals surface area contributed by atoms with Gasteiger partial charge in [-0.25, -0.2) is 19.3 Å². The number of anilines is 2. The minimum Gasteiger partial charge on any atom is -0.384 e. The standard InChI is InChI=1S/C27H33N7O2/c1-7-15-33-25(35)21-16-28-26(29-20-13-11-19(12-14-20)17-32(6)18(2)3)31-24(21)34(33)23-10-8-9-22(30-23)27(4,5)36/h7-14,16,18,36H,1,15,17H2,2-6H3,(H,28,29,31). The fourth-order valence-corrected chi connectivity index (χ4v) is 3.78. The lowest BCUT2D eigenvalue weighted by Crippen LogP contribution is -2.25. The van der Waals surface area contributed by atoms with E-state index in [9.17, 15) is 9.90 Å². The van der Waals surface area contributed by atoms with E-state index in [2.05, 4.69) is 64.8 Å². The second kappa shape index (κ2) is 10.0. The Balaban J connectivity index is 1.73. The molecule has 2 N–H and O–H groups in total. The summed E-state index contributed by atoms with van der Waals surface area (Å²) in [5.74, 6) is 0.824. The molecule has 3 heterocycles. The Kier molecular flexibility index (Phi) is 7.05. The molecule has 0 aliphatic heterocycles. The largest absolute Gasteiger partial charge is 0.384 e. The highest BCUT2D eigenvalue weighted by Gasteiger charge is 2.21. The molecule has 3 aromatic heterocycles. The molecule has 9 heteroatoms. The summed E-state index contributed by atoms with van der Waals surface area (Å²) in [6, 6.07) is 13.9. The predicted molar refractivity (Wildman–Crippen MR) is 143 cm³/mol. The van der Waals surface area contributed by atoms with Crippen LogP contribution in [0.4, 0.5) is 11.6 Å². The van der Waals surface area contributed by atoms with Crippen LogP contribution in [0.25, 0.3) is 16.9 Å². The molecule has 36 heavy (non-hydrogen) atoms. The van der Waals surface area contributed by atoms with Crippen LogP contribution in [-0.2, 0) is 18.7 Å². The van der Waals surface area contributed by atoms with Crippen LogP contribution in [0.3, 0.4) is 0 Å². The van der Waals surface area contributed by atoms with E-state index < -0.39 is 5.60 Å². The number of benzene rings is 1. The molecule has 0 saturated carbocycles. The number of aliphatic hydroxyl groups is 1. The maximum absolute atomic E-state index is 13.2. The Morgan fingerprint density at radius 1 is 1.17 bits per heavy atom. The zero-order chi connectivity index (χ0) is 26.0. The third kappa shape index (κ3) is 5.22. The highest BCUT2D eigenvalue weighted by atomic mass is 16.3. The Labute approximate surface area is 210 Å². The summed E-state index contributed by atoms with van der Waals surface area (Å²) in [5.41, 5.74) is 1.56. The molecular weight excluding hydrogens is 454 g/mol. The molecular formula is C27H33N7O2. The second-order valence-corrected chi connectivity index (χ2v) is 9.69. The minimum absolute atomic E-state index is 0.245. The van der Waals surface area contributed by atoms with E-state index in [0.717, 1.165) is 12.2 Å². The van der Waals surface area contributed by atoms with E-state index in [1.54, 1.807) is 42.8 Å². The first kappa shape index (κ1) is 25.3. The molecule has 0 unspecified atom stereocenters. The third-order valence-electron chi connectivity index (χ3n) is 6.08. The van der Waals surface area contributed by atoms with Crippen LogP contribution in [0.15, 0.2) is 66.1 Å². The van der Waals surface area contributed by atoms with Crippen LogP contribution in [0.2, 0.25) is 0 Å². The van der Waals surface area contributed by atoms with E-state index in [-0.39, 0.29) is 12.1 Å². The van der Waals surface area contributed by atoms with Gasteiger partial charge in [0.1, 0.15) is 11.0 Å². The number of pyridine rings is 1. The van der Waals surface area contributed by atoms with Crippen LogP contribution >= 0.6 is 0 Å². The maximum atomic E-state index is 13.2. The van der Waals surface area contributed by atoms with Gasteiger partial charge in [0.05, 0.1) is 12.2 Å². The first-order chi connectivity index (χ1) is 17.1. The molecule has 0 aliphatic carbocycles. The molecule has 0 spiro atoms. The number of rotatable bonds is 9. The molecule has 0 atom stereocenters. The van der Waals surface area contributed by atoms with Gasteiger partial charge in [-0.2, -0.15) is 4.98 Å². The van der Waals surface area contributed by atoms with Crippen molar-refractivity contribution in [2.45, 2.75) is 52.4 Å². The molecule has 4 aromatic rings. The number of aromatic nitrogens is 5. The third-order valence-corrected chi connectivity index (χ3v) is 6.08. The first-order valence-corrected chi connectivity index (χ1v) is 11.9. The molecule has 1 aromatic carbocycles. The van der Waals surface area contributed by atoms with Crippen molar-refractivity contribution in [3.05, 3.63) is 82.9 Å². The van der Waals surface area contributed by atoms with Gasteiger partial charge in [-0.15, -0.1) is 6.58 Å². The molecule has 0 radical (unpaired) electrons. The first-order valence-electron chi connectivity index (χ1n) is 11.9. The fourth-order valence-electron chi connectivity index (χ4n) is 3.78. The number of fused-ring (bicyclic) bond motifs is 1. The van der Waals surface area contributed by atoms with Crippen LogP contribution < -0.4 is 10.9 Å². The molecule has 0 aliphatic rings. The monoisotopic (exact) mass is 487 g/mol. The van der Waals surface area contributed by atoms with Crippen LogP contribution in [0.5, 0.6) is 0 Å². The van der Waals surface area contributed by atoms with Gasteiger partial charge >= 0.3 is 0 Å². The molecule has 188 valence electrons. The summed E-state index contributed by atoms with van der Waals surface area (Å²) >= 11 is 0. The summed E-state index contributed by atoms with van der Waals surface area (Å²) in [6.07, 6.45) is 3.16. The Morgan fingerprint density at radius 3 is 2.53 bits per heavy atom. The summed E-state index contributed by atoms with van der Waals surface area (Å²) in [4.78, 5) is 29.1. The van der Waals surface area contributed by atoms with Crippen molar-refractivity contribution in [3.63, 3.8) is 0 Å². The Hall–Kier alpha value is -3.82. The number of nitrogens with one attached hydrogen (secondary N) is 1. The van der Waals surface area contributed by atoms with Gasteiger partial charge in [-0.1, -0.05) is 24.3 Å². The normalized spacial score (nSPS) is 12.0. The number of nitrogens with zero attached hydrogens (tertiary/aromatic N) is 6. The summed E-state index contributed by atoms with van der Waals surface area (Å²) < 4.78 is 3.15. The molecule has 4 rings (SSSR count). The SMILES string of the molecule is C=CCn1c(=O)c2cnc(Nc3ccc(CN(C)C(C)C)cc3)nc2n1-c1cccc(C(C)(C)O)n1. The average Bonchev–Trinajstić information content (AvgIpc) is 3.11. The van der Waals surface area contributed by atoms with E-state index >= 15 is 0 Å². The molecule has 0 amide bonds. The second-order valence-electron chi connectivity index (χ2n) is 9.69. The Morgan fingerprint density at radius 2 is 1.89 bits per heavy atom. The zero-order valence-electron chi connectivity index (χ0n) is 21.4. The van der Waals surface area contributed by atoms with E-state index in [1.807, 2.05) is 12.1 Å². The molecule has 0 saturated heterocycles.